The lowest BCUT2D eigenvalue weighted by Gasteiger charge is -2.21. The summed E-state index contributed by atoms with van der Waals surface area (Å²) in [5.74, 6) is -0.971. The minimum absolute atomic E-state index is 0.00362. The van der Waals surface area contributed by atoms with Gasteiger partial charge in [0.05, 0.1) is 24.0 Å². The topological polar surface area (TPSA) is 75.6 Å². The molecule has 0 aromatic heterocycles. The third-order valence-corrected chi connectivity index (χ3v) is 4.67. The molecule has 2 rings (SSSR count). The molecule has 1 aliphatic carbocycles. The second-order valence-corrected chi connectivity index (χ2v) is 5.98. The molecule has 1 amide bonds. The highest BCUT2D eigenvalue weighted by Gasteiger charge is 2.42. The number of ether oxygens (including phenoxy) is 1. The number of hydrogen-bond acceptors (Lipinski definition) is 3. The first-order valence-corrected chi connectivity index (χ1v) is 7.08. The number of rotatable bonds is 3. The molecule has 1 heterocycles. The van der Waals surface area contributed by atoms with Crippen LogP contribution in [0.5, 0.6) is 0 Å². The molecule has 2 aliphatic rings. The van der Waals surface area contributed by atoms with Crippen molar-refractivity contribution in [3.63, 3.8) is 0 Å². The largest absolute Gasteiger partial charge is 0.481 e. The predicted octanol–water partition coefficient (Wildman–Crippen LogP) is 1.42. The maximum Gasteiger partial charge on any atom is 0.306 e. The lowest BCUT2D eigenvalue weighted by molar-refractivity contribution is -0.141. The van der Waals surface area contributed by atoms with Crippen molar-refractivity contribution in [2.75, 3.05) is 0 Å². The van der Waals surface area contributed by atoms with Crippen molar-refractivity contribution in [3.8, 4) is 0 Å². The van der Waals surface area contributed by atoms with E-state index in [1.165, 1.54) is 0 Å². The molecule has 0 aromatic rings. The van der Waals surface area contributed by atoms with E-state index < -0.39 is 5.97 Å². The van der Waals surface area contributed by atoms with Gasteiger partial charge in [-0.1, -0.05) is 6.92 Å². The predicted molar refractivity (Wildman–Crippen MR) is 69.6 cm³/mol. The number of carbonyl (C=O) groups excluding carboxylic acids is 1. The summed E-state index contributed by atoms with van der Waals surface area (Å²) in [5.41, 5.74) is 0. The van der Waals surface area contributed by atoms with E-state index in [1.54, 1.807) is 0 Å². The van der Waals surface area contributed by atoms with Gasteiger partial charge in [-0.05, 0) is 39.0 Å². The molecule has 1 aliphatic heterocycles. The average molecular weight is 269 g/mol. The highest BCUT2D eigenvalue weighted by Crippen LogP contribution is 2.33. The van der Waals surface area contributed by atoms with Gasteiger partial charge in [0, 0.05) is 6.04 Å². The van der Waals surface area contributed by atoms with Crippen LogP contribution in [-0.2, 0) is 14.3 Å². The molecule has 19 heavy (non-hydrogen) atoms. The Balaban J connectivity index is 1.90. The first kappa shape index (κ1) is 14.3. The maximum atomic E-state index is 12.3. The Kier molecular flexibility index (Phi) is 4.13. The SMILES string of the molecule is CC1OC(C)C(C(=O)NC2CCC(C(=O)O)C2)C1C. The summed E-state index contributed by atoms with van der Waals surface area (Å²) >= 11 is 0. The summed E-state index contributed by atoms with van der Waals surface area (Å²) in [6.07, 6.45) is 1.99. The summed E-state index contributed by atoms with van der Waals surface area (Å²) in [6.45, 7) is 5.95. The van der Waals surface area contributed by atoms with Gasteiger partial charge in [-0.25, -0.2) is 0 Å². The number of amides is 1. The van der Waals surface area contributed by atoms with E-state index in [9.17, 15) is 9.59 Å². The number of hydrogen-bond donors (Lipinski definition) is 2. The molecule has 6 unspecified atom stereocenters. The van der Waals surface area contributed by atoms with Gasteiger partial charge in [0.1, 0.15) is 0 Å². The molecule has 108 valence electrons. The highest BCUT2D eigenvalue weighted by molar-refractivity contribution is 5.80. The van der Waals surface area contributed by atoms with Crippen LogP contribution in [-0.4, -0.2) is 35.2 Å². The molecule has 5 nitrogen and oxygen atoms in total. The number of aliphatic carboxylic acids is 1. The summed E-state index contributed by atoms with van der Waals surface area (Å²) in [5, 5.41) is 12.0. The second-order valence-electron chi connectivity index (χ2n) is 5.98. The van der Waals surface area contributed by atoms with Crippen LogP contribution in [0.4, 0.5) is 0 Å². The van der Waals surface area contributed by atoms with Gasteiger partial charge < -0.3 is 15.2 Å². The number of nitrogens with one attached hydrogen (secondary N) is 1. The van der Waals surface area contributed by atoms with E-state index in [-0.39, 0.29) is 41.9 Å². The quantitative estimate of drug-likeness (QED) is 0.812. The molecule has 0 spiro atoms. The molecule has 2 fully saturated rings. The van der Waals surface area contributed by atoms with E-state index in [2.05, 4.69) is 5.32 Å². The fourth-order valence-corrected chi connectivity index (χ4v) is 3.35. The first-order valence-electron chi connectivity index (χ1n) is 7.08. The lowest BCUT2D eigenvalue weighted by Crippen LogP contribution is -2.42. The van der Waals surface area contributed by atoms with E-state index in [0.29, 0.717) is 12.8 Å². The van der Waals surface area contributed by atoms with Crippen LogP contribution in [0.1, 0.15) is 40.0 Å². The van der Waals surface area contributed by atoms with Crippen LogP contribution in [0.2, 0.25) is 0 Å². The molecule has 2 N–H and O–H groups in total. The third-order valence-electron chi connectivity index (χ3n) is 4.67. The Bertz CT molecular complexity index is 370. The van der Waals surface area contributed by atoms with E-state index >= 15 is 0 Å². The Labute approximate surface area is 113 Å². The second kappa shape index (κ2) is 5.49. The number of carboxylic acid groups (broad SMARTS) is 1. The van der Waals surface area contributed by atoms with Gasteiger partial charge in [-0.2, -0.15) is 0 Å². The molecule has 6 atom stereocenters. The van der Waals surface area contributed by atoms with Crippen molar-refractivity contribution < 1.29 is 19.4 Å². The zero-order valence-corrected chi connectivity index (χ0v) is 11.8. The van der Waals surface area contributed by atoms with E-state index in [4.69, 9.17) is 9.84 Å². The summed E-state index contributed by atoms with van der Waals surface area (Å²) in [6, 6.07) is 0.00362. The van der Waals surface area contributed by atoms with Crippen LogP contribution < -0.4 is 5.32 Å². The molecular formula is C14H23NO4. The van der Waals surface area contributed by atoms with Crippen LogP contribution >= 0.6 is 0 Å². The zero-order valence-electron chi connectivity index (χ0n) is 11.8. The van der Waals surface area contributed by atoms with Gasteiger partial charge >= 0.3 is 5.97 Å². The van der Waals surface area contributed by atoms with Crippen molar-refractivity contribution in [2.45, 2.75) is 58.3 Å². The highest BCUT2D eigenvalue weighted by atomic mass is 16.5. The molecule has 0 bridgehead atoms. The first-order chi connectivity index (χ1) is 8.90. The number of carbonyl (C=O) groups is 2. The minimum atomic E-state index is -0.753. The molecule has 1 saturated carbocycles. The summed E-state index contributed by atoms with van der Waals surface area (Å²) < 4.78 is 5.68. The van der Waals surface area contributed by atoms with Crippen molar-refractivity contribution in [2.24, 2.45) is 17.8 Å². The van der Waals surface area contributed by atoms with Crippen LogP contribution in [0.3, 0.4) is 0 Å². The Morgan fingerprint density at radius 2 is 1.84 bits per heavy atom. The van der Waals surface area contributed by atoms with Crippen molar-refractivity contribution in [1.82, 2.24) is 5.32 Å². The smallest absolute Gasteiger partial charge is 0.306 e. The molecule has 5 heteroatoms. The van der Waals surface area contributed by atoms with E-state index in [1.807, 2.05) is 20.8 Å². The molecular weight excluding hydrogens is 246 g/mol. The fraction of sp³-hybridized carbons (Fsp3) is 0.857. The average Bonchev–Trinajstić information content (AvgIpc) is 2.85. The van der Waals surface area contributed by atoms with Crippen LogP contribution in [0, 0.1) is 17.8 Å². The van der Waals surface area contributed by atoms with Crippen LogP contribution in [0.25, 0.3) is 0 Å². The van der Waals surface area contributed by atoms with Gasteiger partial charge in [-0.3, -0.25) is 9.59 Å². The summed E-state index contributed by atoms with van der Waals surface area (Å²) in [7, 11) is 0. The normalized spacial score (nSPS) is 42.3. The maximum absolute atomic E-state index is 12.3. The Morgan fingerprint density at radius 3 is 2.32 bits per heavy atom. The Morgan fingerprint density at radius 1 is 1.16 bits per heavy atom. The summed E-state index contributed by atoms with van der Waals surface area (Å²) in [4.78, 5) is 23.2. The monoisotopic (exact) mass is 269 g/mol. The van der Waals surface area contributed by atoms with Gasteiger partial charge in [-0.15, -0.1) is 0 Å². The lowest BCUT2D eigenvalue weighted by atomic mass is 9.88. The minimum Gasteiger partial charge on any atom is -0.481 e. The van der Waals surface area contributed by atoms with Gasteiger partial charge in [0.25, 0.3) is 0 Å². The third kappa shape index (κ3) is 2.91. The molecule has 1 saturated heterocycles. The van der Waals surface area contributed by atoms with Crippen molar-refractivity contribution in [1.29, 1.82) is 0 Å². The standard InChI is InChI=1S/C14H23NO4/c1-7-8(2)19-9(3)12(7)13(16)15-11-5-4-10(6-11)14(17)18/h7-12H,4-6H2,1-3H3,(H,15,16)(H,17,18). The van der Waals surface area contributed by atoms with Crippen molar-refractivity contribution in [3.05, 3.63) is 0 Å². The van der Waals surface area contributed by atoms with Gasteiger partial charge in [0.2, 0.25) is 5.91 Å². The van der Waals surface area contributed by atoms with Crippen LogP contribution in [0.15, 0.2) is 0 Å². The molecule has 0 aromatic carbocycles. The van der Waals surface area contributed by atoms with Gasteiger partial charge in [0.15, 0.2) is 0 Å². The Hall–Kier alpha value is -1.10. The fourth-order valence-electron chi connectivity index (χ4n) is 3.35. The van der Waals surface area contributed by atoms with Crippen molar-refractivity contribution >= 4 is 11.9 Å². The molecule has 0 radical (unpaired) electrons. The van der Waals surface area contributed by atoms with E-state index in [0.717, 1.165) is 6.42 Å². The zero-order chi connectivity index (χ0) is 14.2. The number of carboxylic acids is 1.